The first-order chi connectivity index (χ1) is 13.7. The Bertz CT molecular complexity index is 919. The second-order valence-electron chi connectivity index (χ2n) is 7.61. The Labute approximate surface area is 166 Å². The minimum absolute atomic E-state index is 0.171. The average Bonchev–Trinajstić information content (AvgIpc) is 2.72. The molecule has 0 unspecified atom stereocenters. The highest BCUT2D eigenvalue weighted by Crippen LogP contribution is 2.26. The van der Waals surface area contributed by atoms with Crippen molar-refractivity contribution in [3.8, 4) is 22.8 Å². The predicted octanol–water partition coefficient (Wildman–Crippen LogP) is 4.46. The van der Waals surface area contributed by atoms with Crippen molar-refractivity contribution in [3.63, 3.8) is 0 Å². The maximum atomic E-state index is 5.93. The smallest absolute Gasteiger partial charge is 0.232 e. The Kier molecular flexibility index (Phi) is 5.72. The lowest BCUT2D eigenvalue weighted by molar-refractivity contribution is 0.209. The number of nitrogens with zero attached hydrogens (tertiary/aromatic N) is 2. The second-order valence-corrected chi connectivity index (χ2v) is 7.61. The zero-order chi connectivity index (χ0) is 19.3. The molecule has 0 radical (unpaired) electrons. The van der Waals surface area contributed by atoms with E-state index in [2.05, 4.69) is 39.6 Å². The molecule has 1 aliphatic heterocycles. The molecule has 1 saturated heterocycles. The Balaban J connectivity index is 1.50. The molecule has 1 aromatic heterocycles. The Morgan fingerprint density at radius 1 is 1.00 bits per heavy atom. The standard InChI is InChI=1S/C23H27N3O2/c1-16(2)28-20-6-3-18(4-7-20)19-5-8-21-22(13-19)26-23(14-25-21)27-15-17-9-11-24-12-10-17/h3-8,13-14,16-17,24H,9-12,15H2,1-2H3. The van der Waals surface area contributed by atoms with Gasteiger partial charge in [-0.05, 0) is 81.1 Å². The fourth-order valence-electron chi connectivity index (χ4n) is 3.49. The summed E-state index contributed by atoms with van der Waals surface area (Å²) in [5, 5.41) is 3.38. The van der Waals surface area contributed by atoms with E-state index < -0.39 is 0 Å². The van der Waals surface area contributed by atoms with Crippen LogP contribution in [0.25, 0.3) is 22.2 Å². The van der Waals surface area contributed by atoms with E-state index in [0.29, 0.717) is 18.4 Å². The van der Waals surface area contributed by atoms with Crippen molar-refractivity contribution in [3.05, 3.63) is 48.7 Å². The number of hydrogen-bond acceptors (Lipinski definition) is 5. The van der Waals surface area contributed by atoms with Crippen molar-refractivity contribution in [1.29, 1.82) is 0 Å². The summed E-state index contributed by atoms with van der Waals surface area (Å²) in [5.74, 6) is 2.08. The lowest BCUT2D eigenvalue weighted by Gasteiger charge is -2.22. The molecule has 1 aliphatic rings. The van der Waals surface area contributed by atoms with Gasteiger partial charge in [0.05, 0.1) is 29.9 Å². The van der Waals surface area contributed by atoms with Crippen LogP contribution in [0.3, 0.4) is 0 Å². The van der Waals surface area contributed by atoms with Crippen LogP contribution >= 0.6 is 0 Å². The molecule has 28 heavy (non-hydrogen) atoms. The van der Waals surface area contributed by atoms with Crippen LogP contribution in [-0.4, -0.2) is 35.8 Å². The number of rotatable bonds is 6. The van der Waals surface area contributed by atoms with E-state index in [1.54, 1.807) is 6.20 Å². The Hall–Kier alpha value is -2.66. The zero-order valence-electron chi connectivity index (χ0n) is 16.5. The van der Waals surface area contributed by atoms with Crippen molar-refractivity contribution in [1.82, 2.24) is 15.3 Å². The van der Waals surface area contributed by atoms with Crippen LogP contribution in [0.2, 0.25) is 0 Å². The van der Waals surface area contributed by atoms with Gasteiger partial charge in [-0.25, -0.2) is 9.97 Å². The number of hydrogen-bond donors (Lipinski definition) is 1. The molecular formula is C23H27N3O2. The number of benzene rings is 2. The first-order valence-corrected chi connectivity index (χ1v) is 10.0. The monoisotopic (exact) mass is 377 g/mol. The van der Waals surface area contributed by atoms with Gasteiger partial charge in [-0.3, -0.25) is 0 Å². The van der Waals surface area contributed by atoms with E-state index in [1.165, 1.54) is 0 Å². The highest BCUT2D eigenvalue weighted by molar-refractivity contribution is 5.81. The maximum absolute atomic E-state index is 5.93. The first-order valence-electron chi connectivity index (χ1n) is 10.0. The molecule has 0 saturated carbocycles. The minimum atomic E-state index is 0.171. The number of nitrogens with one attached hydrogen (secondary N) is 1. The van der Waals surface area contributed by atoms with Crippen molar-refractivity contribution < 1.29 is 9.47 Å². The summed E-state index contributed by atoms with van der Waals surface area (Å²) in [6.07, 6.45) is 4.20. The van der Waals surface area contributed by atoms with Crippen LogP contribution in [-0.2, 0) is 0 Å². The molecule has 0 aliphatic carbocycles. The quantitative estimate of drug-likeness (QED) is 0.687. The summed E-state index contributed by atoms with van der Waals surface area (Å²) in [4.78, 5) is 9.18. The molecule has 0 amide bonds. The SMILES string of the molecule is CC(C)Oc1ccc(-c2ccc3ncc(OCC4CCNCC4)nc3c2)cc1. The summed E-state index contributed by atoms with van der Waals surface area (Å²) >= 11 is 0. The molecule has 0 atom stereocenters. The molecule has 4 rings (SSSR count). The second kappa shape index (κ2) is 8.57. The third-order valence-electron chi connectivity index (χ3n) is 5.01. The normalized spacial score (nSPS) is 15.1. The van der Waals surface area contributed by atoms with E-state index in [1.807, 2.05) is 32.0 Å². The third-order valence-corrected chi connectivity index (χ3v) is 5.01. The van der Waals surface area contributed by atoms with Crippen LogP contribution in [0.5, 0.6) is 11.6 Å². The van der Waals surface area contributed by atoms with E-state index in [-0.39, 0.29) is 6.10 Å². The van der Waals surface area contributed by atoms with Gasteiger partial charge in [-0.1, -0.05) is 18.2 Å². The summed E-state index contributed by atoms with van der Waals surface area (Å²) in [5.41, 5.74) is 3.95. The summed E-state index contributed by atoms with van der Waals surface area (Å²) in [6.45, 7) is 6.91. The fourth-order valence-corrected chi connectivity index (χ4v) is 3.49. The molecule has 0 spiro atoms. The van der Waals surface area contributed by atoms with Crippen molar-refractivity contribution in [2.75, 3.05) is 19.7 Å². The topological polar surface area (TPSA) is 56.3 Å². The summed E-state index contributed by atoms with van der Waals surface area (Å²) in [6, 6.07) is 14.3. The zero-order valence-corrected chi connectivity index (χ0v) is 16.5. The molecule has 1 fully saturated rings. The molecule has 5 heteroatoms. The van der Waals surface area contributed by atoms with Gasteiger partial charge in [0.15, 0.2) is 0 Å². The Morgan fingerprint density at radius 2 is 1.75 bits per heavy atom. The predicted molar refractivity (Wildman–Crippen MR) is 112 cm³/mol. The highest BCUT2D eigenvalue weighted by Gasteiger charge is 2.14. The van der Waals surface area contributed by atoms with Gasteiger partial charge < -0.3 is 14.8 Å². The van der Waals surface area contributed by atoms with Crippen LogP contribution in [0.4, 0.5) is 0 Å². The van der Waals surface area contributed by atoms with E-state index >= 15 is 0 Å². The Morgan fingerprint density at radius 3 is 2.50 bits per heavy atom. The molecule has 1 N–H and O–H groups in total. The average molecular weight is 377 g/mol. The molecule has 2 heterocycles. The molecule has 3 aromatic rings. The lowest BCUT2D eigenvalue weighted by atomic mass is 9.99. The molecule has 2 aromatic carbocycles. The third kappa shape index (κ3) is 4.60. The fraction of sp³-hybridized carbons (Fsp3) is 0.391. The lowest BCUT2D eigenvalue weighted by Crippen LogP contribution is -2.30. The van der Waals surface area contributed by atoms with E-state index in [4.69, 9.17) is 9.47 Å². The van der Waals surface area contributed by atoms with Gasteiger partial charge in [-0.2, -0.15) is 0 Å². The van der Waals surface area contributed by atoms with Crippen LogP contribution in [0.15, 0.2) is 48.7 Å². The van der Waals surface area contributed by atoms with Crippen LogP contribution < -0.4 is 14.8 Å². The molecule has 5 nitrogen and oxygen atoms in total. The van der Waals surface area contributed by atoms with E-state index in [9.17, 15) is 0 Å². The molecule has 146 valence electrons. The number of piperidine rings is 1. The van der Waals surface area contributed by atoms with Gasteiger partial charge in [0.2, 0.25) is 5.88 Å². The van der Waals surface area contributed by atoms with Gasteiger partial charge in [-0.15, -0.1) is 0 Å². The molecule has 0 bridgehead atoms. The van der Waals surface area contributed by atoms with Crippen LogP contribution in [0, 0.1) is 5.92 Å². The minimum Gasteiger partial charge on any atom is -0.491 e. The number of fused-ring (bicyclic) bond motifs is 1. The maximum Gasteiger partial charge on any atom is 0.232 e. The van der Waals surface area contributed by atoms with Crippen molar-refractivity contribution in [2.24, 2.45) is 5.92 Å². The van der Waals surface area contributed by atoms with Crippen molar-refractivity contribution in [2.45, 2.75) is 32.8 Å². The van der Waals surface area contributed by atoms with Gasteiger partial charge in [0.1, 0.15) is 5.75 Å². The first kappa shape index (κ1) is 18.7. The largest absolute Gasteiger partial charge is 0.491 e. The van der Waals surface area contributed by atoms with Gasteiger partial charge in [0.25, 0.3) is 0 Å². The highest BCUT2D eigenvalue weighted by atomic mass is 16.5. The molecular weight excluding hydrogens is 350 g/mol. The van der Waals surface area contributed by atoms with Gasteiger partial charge in [0, 0.05) is 0 Å². The van der Waals surface area contributed by atoms with Crippen molar-refractivity contribution >= 4 is 11.0 Å². The van der Waals surface area contributed by atoms with E-state index in [0.717, 1.165) is 53.8 Å². The van der Waals surface area contributed by atoms with Gasteiger partial charge >= 0.3 is 0 Å². The summed E-state index contributed by atoms with van der Waals surface area (Å²) < 4.78 is 11.7. The number of ether oxygens (including phenoxy) is 2. The summed E-state index contributed by atoms with van der Waals surface area (Å²) in [7, 11) is 0. The number of aromatic nitrogens is 2. The van der Waals surface area contributed by atoms with Crippen LogP contribution in [0.1, 0.15) is 26.7 Å².